The van der Waals surface area contributed by atoms with Crippen LogP contribution in [-0.4, -0.2) is 20.7 Å². The number of carbonyl (C=O) groups excluding carboxylic acids is 1. The van der Waals surface area contributed by atoms with Crippen molar-refractivity contribution in [1.82, 2.24) is 14.8 Å². The van der Waals surface area contributed by atoms with Crippen LogP contribution in [0.1, 0.15) is 76.5 Å². The molecule has 4 rings (SSSR count). The number of aromatic nitrogens is 3. The Hall–Kier alpha value is -2.69. The molecule has 0 aliphatic heterocycles. The summed E-state index contributed by atoms with van der Waals surface area (Å²) >= 11 is 0. The molecule has 1 aromatic carbocycles. The van der Waals surface area contributed by atoms with E-state index < -0.39 is 0 Å². The van der Waals surface area contributed by atoms with Gasteiger partial charge in [-0.2, -0.15) is 5.10 Å². The van der Waals surface area contributed by atoms with E-state index in [4.69, 9.17) is 5.10 Å². The highest BCUT2D eigenvalue weighted by Gasteiger charge is 2.27. The lowest BCUT2D eigenvalue weighted by atomic mass is 9.85. The summed E-state index contributed by atoms with van der Waals surface area (Å²) in [5, 5.41) is 9.32. The Labute approximate surface area is 172 Å². The first kappa shape index (κ1) is 19.6. The van der Waals surface area contributed by atoms with E-state index in [0.717, 1.165) is 48.1 Å². The van der Waals surface area contributed by atoms with Gasteiger partial charge in [0.05, 0.1) is 16.9 Å². The second-order valence-corrected chi connectivity index (χ2v) is 8.49. The van der Waals surface area contributed by atoms with E-state index in [1.165, 1.54) is 5.39 Å². The van der Waals surface area contributed by atoms with Gasteiger partial charge in [0.15, 0.2) is 0 Å². The zero-order chi connectivity index (χ0) is 20.5. The van der Waals surface area contributed by atoms with E-state index in [-0.39, 0.29) is 17.7 Å². The molecule has 0 bridgehead atoms. The van der Waals surface area contributed by atoms with Crippen molar-refractivity contribution in [3.05, 3.63) is 47.8 Å². The van der Waals surface area contributed by atoms with Gasteiger partial charge in [0.2, 0.25) is 5.91 Å². The predicted molar refractivity (Wildman–Crippen MR) is 118 cm³/mol. The smallest absolute Gasteiger partial charge is 0.228 e. The highest BCUT2D eigenvalue weighted by Crippen LogP contribution is 2.35. The van der Waals surface area contributed by atoms with E-state index in [9.17, 15) is 4.79 Å². The van der Waals surface area contributed by atoms with Crippen LogP contribution in [0.5, 0.6) is 0 Å². The van der Waals surface area contributed by atoms with Crippen molar-refractivity contribution in [2.45, 2.75) is 65.2 Å². The van der Waals surface area contributed by atoms with Gasteiger partial charge in [-0.15, -0.1) is 0 Å². The van der Waals surface area contributed by atoms with Crippen LogP contribution in [0.25, 0.3) is 16.6 Å². The zero-order valence-electron chi connectivity index (χ0n) is 17.8. The molecule has 5 heteroatoms. The molecule has 1 aliphatic carbocycles. The molecular weight excluding hydrogens is 360 g/mol. The number of anilines is 1. The Morgan fingerprint density at radius 3 is 2.62 bits per heavy atom. The van der Waals surface area contributed by atoms with Crippen molar-refractivity contribution in [1.29, 1.82) is 0 Å². The summed E-state index contributed by atoms with van der Waals surface area (Å²) in [6.45, 7) is 8.69. The Bertz CT molecular complexity index is 1030. The average molecular weight is 391 g/mol. The fraction of sp³-hybridized carbons (Fsp3) is 0.458. The standard InChI is InChI=1S/C24H30N4O/c1-5-16(4)22-18-11-6-7-12-19(18)28(27-22)20-13-14-25-23(21(20)15(2)3)26-24(29)17-9-8-10-17/h6-7,11-17H,5,8-10H2,1-4H3,(H,25,26,29). The molecule has 0 saturated heterocycles. The minimum atomic E-state index is 0.0911. The maximum absolute atomic E-state index is 12.6. The second-order valence-electron chi connectivity index (χ2n) is 8.49. The zero-order valence-corrected chi connectivity index (χ0v) is 17.8. The third-order valence-corrected chi connectivity index (χ3v) is 6.19. The number of hydrogen-bond donors (Lipinski definition) is 1. The van der Waals surface area contributed by atoms with Crippen LogP contribution in [0.4, 0.5) is 5.82 Å². The van der Waals surface area contributed by atoms with Crippen LogP contribution >= 0.6 is 0 Å². The van der Waals surface area contributed by atoms with Crippen molar-refractivity contribution in [3.8, 4) is 5.69 Å². The summed E-state index contributed by atoms with van der Waals surface area (Å²) in [6.07, 6.45) is 5.91. The molecule has 1 fully saturated rings. The number of nitrogens with zero attached hydrogens (tertiary/aromatic N) is 3. The molecule has 1 saturated carbocycles. The second kappa shape index (κ2) is 7.97. The summed E-state index contributed by atoms with van der Waals surface area (Å²) in [5.74, 6) is 1.46. The Kier molecular flexibility index (Phi) is 5.39. The molecule has 0 spiro atoms. The van der Waals surface area contributed by atoms with E-state index in [1.807, 2.05) is 10.7 Å². The van der Waals surface area contributed by atoms with Gasteiger partial charge < -0.3 is 5.32 Å². The highest BCUT2D eigenvalue weighted by atomic mass is 16.2. The predicted octanol–water partition coefficient (Wildman–Crippen LogP) is 5.80. The van der Waals surface area contributed by atoms with Crippen LogP contribution in [0, 0.1) is 5.92 Å². The molecule has 5 nitrogen and oxygen atoms in total. The Morgan fingerprint density at radius 2 is 1.97 bits per heavy atom. The van der Waals surface area contributed by atoms with Crippen molar-refractivity contribution in [3.63, 3.8) is 0 Å². The SMILES string of the molecule is CCC(C)c1nn(-c2ccnc(NC(=O)C3CCC3)c2C(C)C)c2ccccc12. The molecule has 1 atom stereocenters. The van der Waals surface area contributed by atoms with E-state index in [2.05, 4.69) is 62.3 Å². The minimum Gasteiger partial charge on any atom is -0.310 e. The number of para-hydroxylation sites is 1. The van der Waals surface area contributed by atoms with Crippen molar-refractivity contribution >= 4 is 22.6 Å². The van der Waals surface area contributed by atoms with Gasteiger partial charge in [-0.3, -0.25) is 4.79 Å². The lowest BCUT2D eigenvalue weighted by Gasteiger charge is -2.25. The number of benzene rings is 1. The highest BCUT2D eigenvalue weighted by molar-refractivity contribution is 5.93. The summed E-state index contributed by atoms with van der Waals surface area (Å²) in [6, 6.07) is 10.4. The van der Waals surface area contributed by atoms with Crippen LogP contribution in [0.15, 0.2) is 36.5 Å². The molecule has 152 valence electrons. The van der Waals surface area contributed by atoms with Crippen LogP contribution in [0.3, 0.4) is 0 Å². The Balaban J connectivity index is 1.85. The molecular formula is C24H30N4O. The minimum absolute atomic E-state index is 0.0911. The molecule has 1 unspecified atom stereocenters. The summed E-state index contributed by atoms with van der Waals surface area (Å²) < 4.78 is 2.03. The first-order valence-corrected chi connectivity index (χ1v) is 10.8. The molecule has 1 amide bonds. The maximum atomic E-state index is 12.6. The number of carbonyl (C=O) groups is 1. The van der Waals surface area contributed by atoms with E-state index in [0.29, 0.717) is 11.7 Å². The van der Waals surface area contributed by atoms with Gasteiger partial charge in [-0.1, -0.05) is 52.3 Å². The van der Waals surface area contributed by atoms with Crippen molar-refractivity contribution < 1.29 is 4.79 Å². The number of nitrogens with one attached hydrogen (secondary N) is 1. The van der Waals surface area contributed by atoms with Gasteiger partial charge in [-0.25, -0.2) is 9.67 Å². The Morgan fingerprint density at radius 1 is 1.21 bits per heavy atom. The van der Waals surface area contributed by atoms with Gasteiger partial charge in [0.25, 0.3) is 0 Å². The van der Waals surface area contributed by atoms with Crippen LogP contribution < -0.4 is 5.32 Å². The molecule has 2 heterocycles. The van der Waals surface area contributed by atoms with Crippen LogP contribution in [-0.2, 0) is 4.79 Å². The maximum Gasteiger partial charge on any atom is 0.228 e. The van der Waals surface area contributed by atoms with Gasteiger partial charge >= 0.3 is 0 Å². The normalized spacial score (nSPS) is 15.5. The van der Waals surface area contributed by atoms with Crippen molar-refractivity contribution in [2.24, 2.45) is 5.92 Å². The van der Waals surface area contributed by atoms with E-state index >= 15 is 0 Å². The summed E-state index contributed by atoms with van der Waals surface area (Å²) in [4.78, 5) is 17.1. The molecule has 1 aliphatic rings. The van der Waals surface area contributed by atoms with E-state index in [1.54, 1.807) is 6.20 Å². The van der Waals surface area contributed by atoms with Gasteiger partial charge in [0.1, 0.15) is 5.82 Å². The topological polar surface area (TPSA) is 59.8 Å². The largest absolute Gasteiger partial charge is 0.310 e. The molecule has 3 aromatic rings. The fourth-order valence-corrected chi connectivity index (χ4v) is 4.04. The van der Waals surface area contributed by atoms with Crippen LogP contribution in [0.2, 0.25) is 0 Å². The van der Waals surface area contributed by atoms with Gasteiger partial charge in [-0.05, 0) is 37.3 Å². The summed E-state index contributed by atoms with van der Waals surface area (Å²) in [7, 11) is 0. The average Bonchev–Trinajstić information content (AvgIpc) is 3.05. The quantitative estimate of drug-likeness (QED) is 0.579. The number of amides is 1. The molecule has 29 heavy (non-hydrogen) atoms. The first-order valence-electron chi connectivity index (χ1n) is 10.8. The lowest BCUT2D eigenvalue weighted by Crippen LogP contribution is -2.29. The lowest BCUT2D eigenvalue weighted by molar-refractivity contribution is -0.122. The van der Waals surface area contributed by atoms with Gasteiger partial charge in [0, 0.05) is 29.0 Å². The number of rotatable bonds is 6. The third kappa shape index (κ3) is 3.54. The molecule has 0 radical (unpaired) electrons. The number of fused-ring (bicyclic) bond motifs is 1. The first-order chi connectivity index (χ1) is 14.0. The monoisotopic (exact) mass is 390 g/mol. The molecule has 2 aromatic heterocycles. The fourth-order valence-electron chi connectivity index (χ4n) is 4.04. The number of pyridine rings is 1. The molecule has 1 N–H and O–H groups in total. The third-order valence-electron chi connectivity index (χ3n) is 6.19. The van der Waals surface area contributed by atoms with Crippen molar-refractivity contribution in [2.75, 3.05) is 5.32 Å². The number of hydrogen-bond acceptors (Lipinski definition) is 3. The summed E-state index contributed by atoms with van der Waals surface area (Å²) in [5.41, 5.74) is 4.23.